The molecule has 1 aromatic rings. The van der Waals surface area contributed by atoms with Crippen LogP contribution >= 0.6 is 11.6 Å². The zero-order chi connectivity index (χ0) is 11.3. The van der Waals surface area contributed by atoms with Crippen molar-refractivity contribution < 1.29 is 9.84 Å². The second-order valence-corrected chi connectivity index (χ2v) is 3.21. The molecule has 0 radical (unpaired) electrons. The Morgan fingerprint density at radius 3 is 2.80 bits per heavy atom. The molecule has 0 bridgehead atoms. The lowest BCUT2D eigenvalue weighted by molar-refractivity contribution is 0.280. The number of aliphatic hydroxyl groups is 1. The number of ether oxygens (including phenoxy) is 1. The lowest BCUT2D eigenvalue weighted by Gasteiger charge is -2.10. The topological polar surface area (TPSA) is 80.2 Å². The van der Waals surface area contributed by atoms with Crippen molar-refractivity contribution in [2.45, 2.75) is 19.9 Å². The molecule has 0 amide bonds. The summed E-state index contributed by atoms with van der Waals surface area (Å²) in [7, 11) is 0. The third-order valence-corrected chi connectivity index (χ3v) is 1.68. The van der Waals surface area contributed by atoms with Gasteiger partial charge in [0.15, 0.2) is 0 Å². The van der Waals surface area contributed by atoms with E-state index < -0.39 is 0 Å². The Bertz CT molecular complexity index is 324. The van der Waals surface area contributed by atoms with Crippen LogP contribution in [0.5, 0.6) is 6.01 Å². The van der Waals surface area contributed by atoms with Crippen LogP contribution in [0.25, 0.3) is 0 Å². The second-order valence-electron chi connectivity index (χ2n) is 2.87. The summed E-state index contributed by atoms with van der Waals surface area (Å²) >= 11 is 5.67. The van der Waals surface area contributed by atoms with Crippen LogP contribution in [0.1, 0.15) is 13.8 Å². The van der Waals surface area contributed by atoms with E-state index in [1.807, 2.05) is 6.92 Å². The SMILES string of the molecule is CCOc1nc(Cl)nc(NC(C)CO)n1. The Balaban J connectivity index is 2.78. The molecule has 2 N–H and O–H groups in total. The number of hydrogen-bond acceptors (Lipinski definition) is 6. The number of aliphatic hydroxyl groups excluding tert-OH is 1. The Hall–Kier alpha value is -1.14. The fraction of sp³-hybridized carbons (Fsp3) is 0.625. The molecular weight excluding hydrogens is 220 g/mol. The monoisotopic (exact) mass is 232 g/mol. The molecule has 0 spiro atoms. The maximum Gasteiger partial charge on any atom is 0.322 e. The molecule has 1 aromatic heterocycles. The standard InChI is InChI=1S/C8H13ClN4O2/c1-3-15-8-12-6(9)11-7(13-8)10-5(2)4-14/h5,14H,3-4H2,1-2H3,(H,10,11,12,13). The van der Waals surface area contributed by atoms with E-state index in [2.05, 4.69) is 20.3 Å². The van der Waals surface area contributed by atoms with E-state index in [1.165, 1.54) is 0 Å². The summed E-state index contributed by atoms with van der Waals surface area (Å²) in [6, 6.07) is 0.0167. The normalized spacial score (nSPS) is 12.3. The maximum absolute atomic E-state index is 8.84. The first-order valence-electron chi connectivity index (χ1n) is 4.57. The summed E-state index contributed by atoms with van der Waals surface area (Å²) in [6.07, 6.45) is 0. The number of hydrogen-bond donors (Lipinski definition) is 2. The molecular formula is C8H13ClN4O2. The number of anilines is 1. The Kier molecular flexibility index (Phi) is 4.51. The minimum absolute atomic E-state index is 0.0206. The van der Waals surface area contributed by atoms with Crippen LogP contribution in [-0.2, 0) is 0 Å². The molecule has 0 saturated heterocycles. The summed E-state index contributed by atoms with van der Waals surface area (Å²) in [5, 5.41) is 11.8. The maximum atomic E-state index is 8.84. The molecule has 15 heavy (non-hydrogen) atoms. The third kappa shape index (κ3) is 3.85. The highest BCUT2D eigenvalue weighted by Gasteiger charge is 2.07. The Morgan fingerprint density at radius 1 is 1.47 bits per heavy atom. The van der Waals surface area contributed by atoms with Crippen molar-refractivity contribution in [3.63, 3.8) is 0 Å². The fourth-order valence-electron chi connectivity index (χ4n) is 0.856. The van der Waals surface area contributed by atoms with Gasteiger partial charge < -0.3 is 15.2 Å². The van der Waals surface area contributed by atoms with Crippen LogP contribution in [0.3, 0.4) is 0 Å². The zero-order valence-electron chi connectivity index (χ0n) is 8.57. The predicted octanol–water partition coefficient (Wildman–Crippen LogP) is 0.716. The highest BCUT2D eigenvalue weighted by atomic mass is 35.5. The number of nitrogens with zero attached hydrogens (tertiary/aromatic N) is 3. The van der Waals surface area contributed by atoms with Gasteiger partial charge in [0.2, 0.25) is 11.2 Å². The molecule has 7 heteroatoms. The molecule has 0 saturated carbocycles. The average Bonchev–Trinajstić information content (AvgIpc) is 2.17. The van der Waals surface area contributed by atoms with Crippen LogP contribution in [0.15, 0.2) is 0 Å². The van der Waals surface area contributed by atoms with E-state index >= 15 is 0 Å². The van der Waals surface area contributed by atoms with Gasteiger partial charge >= 0.3 is 6.01 Å². The van der Waals surface area contributed by atoms with Gasteiger partial charge in [-0.3, -0.25) is 0 Å². The number of aromatic nitrogens is 3. The molecule has 1 rings (SSSR count). The van der Waals surface area contributed by atoms with Gasteiger partial charge in [0.1, 0.15) is 0 Å². The molecule has 6 nitrogen and oxygen atoms in total. The van der Waals surface area contributed by atoms with E-state index in [-0.39, 0.29) is 23.9 Å². The molecule has 0 aromatic carbocycles. The van der Waals surface area contributed by atoms with Gasteiger partial charge in [-0.05, 0) is 25.4 Å². The third-order valence-electron chi connectivity index (χ3n) is 1.51. The fourth-order valence-corrected chi connectivity index (χ4v) is 1.01. The minimum Gasteiger partial charge on any atom is -0.464 e. The quantitative estimate of drug-likeness (QED) is 0.779. The van der Waals surface area contributed by atoms with E-state index in [0.717, 1.165) is 0 Å². The number of halogens is 1. The van der Waals surface area contributed by atoms with Crippen LogP contribution in [0.4, 0.5) is 5.95 Å². The van der Waals surface area contributed by atoms with Gasteiger partial charge in [-0.15, -0.1) is 0 Å². The lowest BCUT2D eigenvalue weighted by atomic mass is 10.4. The van der Waals surface area contributed by atoms with Crippen molar-refractivity contribution in [3.05, 3.63) is 5.28 Å². The Morgan fingerprint density at radius 2 is 2.20 bits per heavy atom. The van der Waals surface area contributed by atoms with Gasteiger partial charge in [-0.25, -0.2) is 0 Å². The molecule has 0 aliphatic heterocycles. The van der Waals surface area contributed by atoms with Crippen molar-refractivity contribution in [1.82, 2.24) is 15.0 Å². The minimum atomic E-state index is -0.155. The molecule has 0 fully saturated rings. The summed E-state index contributed by atoms with van der Waals surface area (Å²) in [6.45, 7) is 4.04. The van der Waals surface area contributed by atoms with Gasteiger partial charge in [-0.2, -0.15) is 15.0 Å². The number of nitrogens with one attached hydrogen (secondary N) is 1. The van der Waals surface area contributed by atoms with Crippen LogP contribution in [0.2, 0.25) is 5.28 Å². The molecule has 0 aliphatic carbocycles. The highest BCUT2D eigenvalue weighted by molar-refractivity contribution is 6.28. The van der Waals surface area contributed by atoms with E-state index in [9.17, 15) is 0 Å². The van der Waals surface area contributed by atoms with Crippen molar-refractivity contribution >= 4 is 17.5 Å². The van der Waals surface area contributed by atoms with Crippen LogP contribution < -0.4 is 10.1 Å². The van der Waals surface area contributed by atoms with E-state index in [1.54, 1.807) is 6.92 Å². The van der Waals surface area contributed by atoms with Gasteiger partial charge in [0.25, 0.3) is 0 Å². The lowest BCUT2D eigenvalue weighted by Crippen LogP contribution is -2.21. The summed E-state index contributed by atoms with van der Waals surface area (Å²) in [5.41, 5.74) is 0. The molecule has 1 heterocycles. The smallest absolute Gasteiger partial charge is 0.322 e. The summed E-state index contributed by atoms with van der Waals surface area (Å²) in [4.78, 5) is 11.6. The molecule has 1 unspecified atom stereocenters. The van der Waals surface area contributed by atoms with Crippen molar-refractivity contribution in [2.75, 3.05) is 18.5 Å². The van der Waals surface area contributed by atoms with Crippen molar-refractivity contribution in [1.29, 1.82) is 0 Å². The Labute approximate surface area is 92.7 Å². The predicted molar refractivity (Wildman–Crippen MR) is 56.2 cm³/mol. The molecule has 84 valence electrons. The van der Waals surface area contributed by atoms with Gasteiger partial charge in [0, 0.05) is 6.04 Å². The first-order valence-corrected chi connectivity index (χ1v) is 4.95. The number of rotatable bonds is 5. The second kappa shape index (κ2) is 5.67. The van der Waals surface area contributed by atoms with Crippen LogP contribution in [0, 0.1) is 0 Å². The summed E-state index contributed by atoms with van der Waals surface area (Å²) < 4.78 is 5.09. The first-order chi connectivity index (χ1) is 7.15. The zero-order valence-corrected chi connectivity index (χ0v) is 9.32. The summed E-state index contributed by atoms with van der Waals surface area (Å²) in [5.74, 6) is 0.292. The van der Waals surface area contributed by atoms with Crippen LogP contribution in [-0.4, -0.2) is 39.3 Å². The average molecular weight is 233 g/mol. The molecule has 0 aliphatic rings. The van der Waals surface area contributed by atoms with E-state index in [0.29, 0.717) is 12.6 Å². The highest BCUT2D eigenvalue weighted by Crippen LogP contribution is 2.11. The van der Waals surface area contributed by atoms with Gasteiger partial charge in [-0.1, -0.05) is 0 Å². The molecule has 1 atom stereocenters. The van der Waals surface area contributed by atoms with Gasteiger partial charge in [0.05, 0.1) is 13.2 Å². The van der Waals surface area contributed by atoms with E-state index in [4.69, 9.17) is 21.4 Å². The van der Waals surface area contributed by atoms with Crippen molar-refractivity contribution in [2.24, 2.45) is 0 Å². The largest absolute Gasteiger partial charge is 0.464 e. The van der Waals surface area contributed by atoms with Crippen molar-refractivity contribution in [3.8, 4) is 6.01 Å². The first kappa shape index (κ1) is 11.9.